The van der Waals surface area contributed by atoms with Gasteiger partial charge in [0.2, 0.25) is 0 Å². The van der Waals surface area contributed by atoms with E-state index in [1.807, 2.05) is 6.07 Å². The molecule has 0 N–H and O–H groups in total. The van der Waals surface area contributed by atoms with Crippen molar-refractivity contribution in [2.45, 2.75) is 18.8 Å². The Morgan fingerprint density at radius 2 is 2.46 bits per heavy atom. The van der Waals surface area contributed by atoms with Gasteiger partial charge < -0.3 is 9.53 Å². The van der Waals surface area contributed by atoms with Crippen LogP contribution in [0.2, 0.25) is 0 Å². The van der Waals surface area contributed by atoms with Crippen LogP contribution in [-0.2, 0) is 11.2 Å². The van der Waals surface area contributed by atoms with Crippen molar-refractivity contribution in [1.82, 2.24) is 0 Å². The van der Waals surface area contributed by atoms with Crippen molar-refractivity contribution in [1.29, 1.82) is 0 Å². The SMILES string of the molecule is COc1ccc2c(c1)CC2CC=O. The number of carbonyl (C=O) groups is 1. The Hall–Kier alpha value is -1.31. The number of benzene rings is 1. The third-order valence-corrected chi connectivity index (χ3v) is 2.64. The molecule has 1 aliphatic rings. The van der Waals surface area contributed by atoms with E-state index in [9.17, 15) is 4.79 Å². The van der Waals surface area contributed by atoms with Crippen LogP contribution < -0.4 is 4.74 Å². The van der Waals surface area contributed by atoms with E-state index < -0.39 is 0 Å². The fourth-order valence-corrected chi connectivity index (χ4v) is 1.85. The molecule has 0 aromatic heterocycles. The summed E-state index contributed by atoms with van der Waals surface area (Å²) >= 11 is 0. The van der Waals surface area contributed by atoms with E-state index in [0.29, 0.717) is 12.3 Å². The maximum Gasteiger partial charge on any atom is 0.120 e. The molecule has 0 amide bonds. The molecule has 13 heavy (non-hydrogen) atoms. The first-order chi connectivity index (χ1) is 6.35. The standard InChI is InChI=1S/C11H12O2/c1-13-10-2-3-11-8(4-5-12)6-9(11)7-10/h2-3,5,7-8H,4,6H2,1H3. The molecule has 1 aliphatic carbocycles. The van der Waals surface area contributed by atoms with Gasteiger partial charge in [-0.25, -0.2) is 0 Å². The third kappa shape index (κ3) is 1.32. The largest absolute Gasteiger partial charge is 0.497 e. The van der Waals surface area contributed by atoms with Crippen molar-refractivity contribution in [3.8, 4) is 5.75 Å². The lowest BCUT2D eigenvalue weighted by Crippen LogP contribution is -2.17. The molecule has 0 aliphatic heterocycles. The monoisotopic (exact) mass is 176 g/mol. The van der Waals surface area contributed by atoms with Gasteiger partial charge in [0, 0.05) is 6.42 Å². The number of ether oxygens (including phenoxy) is 1. The normalized spacial score (nSPS) is 18.7. The second-order valence-corrected chi connectivity index (χ2v) is 3.37. The van der Waals surface area contributed by atoms with Crippen molar-refractivity contribution >= 4 is 6.29 Å². The van der Waals surface area contributed by atoms with E-state index in [-0.39, 0.29) is 0 Å². The van der Waals surface area contributed by atoms with Crippen molar-refractivity contribution in [2.24, 2.45) is 0 Å². The molecule has 1 unspecified atom stereocenters. The zero-order chi connectivity index (χ0) is 9.26. The molecule has 2 heteroatoms. The summed E-state index contributed by atoms with van der Waals surface area (Å²) in [5.41, 5.74) is 2.64. The molecule has 0 bridgehead atoms. The summed E-state index contributed by atoms with van der Waals surface area (Å²) in [4.78, 5) is 10.3. The summed E-state index contributed by atoms with van der Waals surface area (Å²) in [5.74, 6) is 1.36. The molecule has 1 aromatic rings. The predicted octanol–water partition coefficient (Wildman–Crippen LogP) is 1.92. The Kier molecular flexibility index (Phi) is 2.05. The lowest BCUT2D eigenvalue weighted by molar-refractivity contribution is -0.108. The first-order valence-electron chi connectivity index (χ1n) is 4.45. The fraction of sp³-hybridized carbons (Fsp3) is 0.364. The van der Waals surface area contributed by atoms with Crippen LogP contribution in [0.5, 0.6) is 5.75 Å². The molecule has 0 spiro atoms. The molecular weight excluding hydrogens is 164 g/mol. The van der Waals surface area contributed by atoms with Crippen LogP contribution in [0.1, 0.15) is 23.5 Å². The van der Waals surface area contributed by atoms with Gasteiger partial charge in [0.05, 0.1) is 7.11 Å². The summed E-state index contributed by atoms with van der Waals surface area (Å²) in [7, 11) is 1.67. The van der Waals surface area contributed by atoms with Crippen molar-refractivity contribution < 1.29 is 9.53 Å². The Balaban J connectivity index is 2.20. The molecule has 0 saturated carbocycles. The van der Waals surface area contributed by atoms with Gasteiger partial charge in [-0.3, -0.25) is 0 Å². The molecular formula is C11H12O2. The van der Waals surface area contributed by atoms with Crippen LogP contribution in [-0.4, -0.2) is 13.4 Å². The second kappa shape index (κ2) is 3.21. The molecule has 0 saturated heterocycles. The highest BCUT2D eigenvalue weighted by atomic mass is 16.5. The van der Waals surface area contributed by atoms with Crippen molar-refractivity contribution in [2.75, 3.05) is 7.11 Å². The van der Waals surface area contributed by atoms with Crippen LogP contribution in [0.15, 0.2) is 18.2 Å². The summed E-state index contributed by atoms with van der Waals surface area (Å²) in [6.45, 7) is 0. The average molecular weight is 176 g/mol. The van der Waals surface area contributed by atoms with Gasteiger partial charge in [-0.2, -0.15) is 0 Å². The maximum absolute atomic E-state index is 10.3. The molecule has 68 valence electrons. The number of fused-ring (bicyclic) bond motifs is 1. The van der Waals surface area contributed by atoms with E-state index in [0.717, 1.165) is 18.5 Å². The predicted molar refractivity (Wildman–Crippen MR) is 50.1 cm³/mol. The van der Waals surface area contributed by atoms with Crippen molar-refractivity contribution in [3.05, 3.63) is 29.3 Å². The van der Waals surface area contributed by atoms with Gasteiger partial charge in [0.15, 0.2) is 0 Å². The minimum absolute atomic E-state index is 0.457. The Bertz CT molecular complexity index is 331. The summed E-state index contributed by atoms with van der Waals surface area (Å²) in [5, 5.41) is 0. The minimum atomic E-state index is 0.457. The Morgan fingerprint density at radius 3 is 3.08 bits per heavy atom. The zero-order valence-corrected chi connectivity index (χ0v) is 7.62. The van der Waals surface area contributed by atoms with Crippen LogP contribution >= 0.6 is 0 Å². The van der Waals surface area contributed by atoms with Crippen molar-refractivity contribution in [3.63, 3.8) is 0 Å². The van der Waals surface area contributed by atoms with E-state index in [2.05, 4.69) is 12.1 Å². The third-order valence-electron chi connectivity index (χ3n) is 2.64. The van der Waals surface area contributed by atoms with Crippen LogP contribution in [0.25, 0.3) is 0 Å². The van der Waals surface area contributed by atoms with Crippen LogP contribution in [0.4, 0.5) is 0 Å². The highest BCUT2D eigenvalue weighted by molar-refractivity contribution is 5.56. The smallest absolute Gasteiger partial charge is 0.120 e. The Labute approximate surface area is 77.5 Å². The average Bonchev–Trinajstić information content (AvgIpc) is 2.14. The quantitative estimate of drug-likeness (QED) is 0.658. The lowest BCUT2D eigenvalue weighted by atomic mass is 9.76. The second-order valence-electron chi connectivity index (χ2n) is 3.37. The molecule has 2 rings (SSSR count). The Morgan fingerprint density at radius 1 is 1.62 bits per heavy atom. The van der Waals surface area contributed by atoms with Gasteiger partial charge in [-0.05, 0) is 35.6 Å². The van der Waals surface area contributed by atoms with Crippen LogP contribution in [0, 0.1) is 0 Å². The molecule has 1 aromatic carbocycles. The lowest BCUT2D eigenvalue weighted by Gasteiger charge is -2.28. The van der Waals surface area contributed by atoms with Gasteiger partial charge in [0.25, 0.3) is 0 Å². The van der Waals surface area contributed by atoms with Gasteiger partial charge in [-0.1, -0.05) is 6.07 Å². The summed E-state index contributed by atoms with van der Waals surface area (Å²) in [6.07, 6.45) is 2.67. The number of rotatable bonds is 3. The molecule has 2 nitrogen and oxygen atoms in total. The van der Waals surface area contributed by atoms with E-state index >= 15 is 0 Å². The molecule has 0 heterocycles. The molecule has 0 fully saturated rings. The number of hydrogen-bond donors (Lipinski definition) is 0. The van der Waals surface area contributed by atoms with E-state index in [1.165, 1.54) is 11.1 Å². The maximum atomic E-state index is 10.3. The van der Waals surface area contributed by atoms with Gasteiger partial charge in [-0.15, -0.1) is 0 Å². The zero-order valence-electron chi connectivity index (χ0n) is 7.62. The fourth-order valence-electron chi connectivity index (χ4n) is 1.85. The highest BCUT2D eigenvalue weighted by Crippen LogP contribution is 2.38. The minimum Gasteiger partial charge on any atom is -0.497 e. The number of aldehydes is 1. The number of carbonyl (C=O) groups excluding carboxylic acids is 1. The first-order valence-corrected chi connectivity index (χ1v) is 4.45. The highest BCUT2D eigenvalue weighted by Gasteiger charge is 2.25. The summed E-state index contributed by atoms with van der Waals surface area (Å²) < 4.78 is 5.11. The topological polar surface area (TPSA) is 26.3 Å². The molecule has 0 radical (unpaired) electrons. The van der Waals surface area contributed by atoms with E-state index in [1.54, 1.807) is 7.11 Å². The number of methoxy groups -OCH3 is 1. The van der Waals surface area contributed by atoms with E-state index in [4.69, 9.17) is 4.74 Å². The molecule has 1 atom stereocenters. The van der Waals surface area contributed by atoms with Gasteiger partial charge >= 0.3 is 0 Å². The van der Waals surface area contributed by atoms with Crippen LogP contribution in [0.3, 0.4) is 0 Å². The van der Waals surface area contributed by atoms with Gasteiger partial charge in [0.1, 0.15) is 12.0 Å². The first kappa shape index (κ1) is 8.30. The number of hydrogen-bond acceptors (Lipinski definition) is 2. The summed E-state index contributed by atoms with van der Waals surface area (Å²) in [6, 6.07) is 6.07.